The highest BCUT2D eigenvalue weighted by Crippen LogP contribution is 2.33. The predicted molar refractivity (Wildman–Crippen MR) is 91.5 cm³/mol. The molecule has 1 aromatic heterocycles. The molecule has 1 N–H and O–H groups in total. The Kier molecular flexibility index (Phi) is 4.37. The topological polar surface area (TPSA) is 105 Å². The molecular weight excluding hydrogens is 332 g/mol. The third kappa shape index (κ3) is 3.31. The first-order valence-electron chi connectivity index (χ1n) is 7.60. The Morgan fingerprint density at radius 1 is 1.38 bits per heavy atom. The van der Waals surface area contributed by atoms with Gasteiger partial charge in [0.25, 0.3) is 0 Å². The standard InChI is InChI=1S/C15H18N4O4S/c1-24(22,23)18-9-3-4-11(10-18)17-14-7-6-13-12(5-2-8-16-13)15(14)19(20)21/h2,5-8,11,17H,3-4,9-10H2,1H3. The number of benzene rings is 1. The van der Waals surface area contributed by atoms with E-state index in [-0.39, 0.29) is 11.7 Å². The number of nitrogens with zero attached hydrogens (tertiary/aromatic N) is 3. The number of aromatic nitrogens is 1. The molecule has 0 radical (unpaired) electrons. The number of hydrogen-bond donors (Lipinski definition) is 1. The van der Waals surface area contributed by atoms with Crippen LogP contribution in [0.2, 0.25) is 0 Å². The van der Waals surface area contributed by atoms with E-state index in [0.717, 1.165) is 6.42 Å². The summed E-state index contributed by atoms with van der Waals surface area (Å²) in [5, 5.41) is 15.1. The van der Waals surface area contributed by atoms with Crippen LogP contribution in [0.5, 0.6) is 0 Å². The molecule has 0 bridgehead atoms. The molecule has 24 heavy (non-hydrogen) atoms. The molecule has 2 heterocycles. The number of piperidine rings is 1. The molecule has 8 nitrogen and oxygen atoms in total. The lowest BCUT2D eigenvalue weighted by Crippen LogP contribution is -2.44. The molecule has 1 aliphatic rings. The molecular formula is C15H18N4O4S. The van der Waals surface area contributed by atoms with Gasteiger partial charge in [0, 0.05) is 25.3 Å². The van der Waals surface area contributed by atoms with Gasteiger partial charge in [-0.25, -0.2) is 12.7 Å². The Labute approximate surface area is 139 Å². The lowest BCUT2D eigenvalue weighted by molar-refractivity contribution is -0.382. The van der Waals surface area contributed by atoms with Crippen LogP contribution >= 0.6 is 0 Å². The molecule has 0 aliphatic carbocycles. The van der Waals surface area contributed by atoms with Crippen LogP contribution in [-0.4, -0.2) is 48.0 Å². The number of nitro benzene ring substituents is 1. The van der Waals surface area contributed by atoms with Crippen molar-refractivity contribution in [3.63, 3.8) is 0 Å². The van der Waals surface area contributed by atoms with Crippen LogP contribution in [0.1, 0.15) is 12.8 Å². The van der Waals surface area contributed by atoms with Gasteiger partial charge in [-0.1, -0.05) is 0 Å². The maximum absolute atomic E-state index is 11.7. The van der Waals surface area contributed by atoms with Crippen molar-refractivity contribution in [2.75, 3.05) is 24.7 Å². The smallest absolute Gasteiger partial charge is 0.301 e. The van der Waals surface area contributed by atoms with Gasteiger partial charge in [-0.15, -0.1) is 0 Å². The first kappa shape index (κ1) is 16.6. The van der Waals surface area contributed by atoms with E-state index in [1.54, 1.807) is 30.5 Å². The van der Waals surface area contributed by atoms with E-state index < -0.39 is 14.9 Å². The number of rotatable bonds is 4. The zero-order valence-corrected chi connectivity index (χ0v) is 14.0. The molecule has 1 atom stereocenters. The van der Waals surface area contributed by atoms with E-state index in [1.807, 2.05) is 0 Å². The quantitative estimate of drug-likeness (QED) is 0.668. The largest absolute Gasteiger partial charge is 0.375 e. The first-order chi connectivity index (χ1) is 11.4. The van der Waals surface area contributed by atoms with Crippen molar-refractivity contribution in [1.82, 2.24) is 9.29 Å². The van der Waals surface area contributed by atoms with Gasteiger partial charge in [0.05, 0.1) is 22.1 Å². The van der Waals surface area contributed by atoms with Crippen molar-refractivity contribution < 1.29 is 13.3 Å². The highest BCUT2D eigenvalue weighted by Gasteiger charge is 2.28. The molecule has 0 amide bonds. The summed E-state index contributed by atoms with van der Waals surface area (Å²) in [7, 11) is -3.26. The molecule has 2 aromatic rings. The van der Waals surface area contributed by atoms with Crippen molar-refractivity contribution in [3.05, 3.63) is 40.6 Å². The minimum atomic E-state index is -3.26. The monoisotopic (exact) mass is 350 g/mol. The van der Waals surface area contributed by atoms with E-state index in [9.17, 15) is 18.5 Å². The minimum Gasteiger partial charge on any atom is -0.375 e. The normalized spacial score (nSPS) is 19.3. The predicted octanol–water partition coefficient (Wildman–Crippen LogP) is 1.98. The van der Waals surface area contributed by atoms with Gasteiger partial charge in [0.1, 0.15) is 5.69 Å². The van der Waals surface area contributed by atoms with Gasteiger partial charge >= 0.3 is 5.69 Å². The minimum absolute atomic E-state index is 0.0305. The summed E-state index contributed by atoms with van der Waals surface area (Å²) >= 11 is 0. The molecule has 1 fully saturated rings. The summed E-state index contributed by atoms with van der Waals surface area (Å²) in [5.74, 6) is 0. The lowest BCUT2D eigenvalue weighted by atomic mass is 10.1. The second-order valence-electron chi connectivity index (χ2n) is 5.89. The van der Waals surface area contributed by atoms with Crippen molar-refractivity contribution in [3.8, 4) is 0 Å². The molecule has 128 valence electrons. The summed E-state index contributed by atoms with van der Waals surface area (Å²) < 4.78 is 24.8. The maximum atomic E-state index is 11.7. The third-order valence-corrected chi connectivity index (χ3v) is 5.42. The fourth-order valence-corrected chi connectivity index (χ4v) is 3.94. The van der Waals surface area contributed by atoms with Gasteiger partial charge in [-0.05, 0) is 37.1 Å². The molecule has 1 saturated heterocycles. The average molecular weight is 350 g/mol. The Hall–Kier alpha value is -2.26. The lowest BCUT2D eigenvalue weighted by Gasteiger charge is -2.31. The van der Waals surface area contributed by atoms with Crippen molar-refractivity contribution in [2.24, 2.45) is 0 Å². The first-order valence-corrected chi connectivity index (χ1v) is 9.45. The van der Waals surface area contributed by atoms with Gasteiger partial charge in [0.15, 0.2) is 0 Å². The third-order valence-electron chi connectivity index (χ3n) is 4.15. The summed E-state index contributed by atoms with van der Waals surface area (Å²) in [6.07, 6.45) is 4.24. The van der Waals surface area contributed by atoms with Crippen LogP contribution in [0, 0.1) is 10.1 Å². The van der Waals surface area contributed by atoms with Crippen LogP contribution < -0.4 is 5.32 Å². The molecule has 1 unspecified atom stereocenters. The van der Waals surface area contributed by atoms with Crippen molar-refractivity contribution in [2.45, 2.75) is 18.9 Å². The van der Waals surface area contributed by atoms with Crippen molar-refractivity contribution >= 4 is 32.3 Å². The summed E-state index contributed by atoms with van der Waals surface area (Å²) in [6, 6.07) is 6.51. The van der Waals surface area contributed by atoms with Crippen LogP contribution in [0.25, 0.3) is 10.9 Å². The number of nitrogens with one attached hydrogen (secondary N) is 1. The van der Waals surface area contributed by atoms with Crippen LogP contribution in [0.15, 0.2) is 30.5 Å². The van der Waals surface area contributed by atoms with E-state index in [1.165, 1.54) is 10.6 Å². The Morgan fingerprint density at radius 3 is 2.88 bits per heavy atom. The van der Waals surface area contributed by atoms with Gasteiger partial charge in [0.2, 0.25) is 10.0 Å². The molecule has 1 aliphatic heterocycles. The van der Waals surface area contributed by atoms with E-state index in [0.29, 0.717) is 36.1 Å². The fraction of sp³-hybridized carbons (Fsp3) is 0.400. The summed E-state index contributed by atoms with van der Waals surface area (Å²) in [5.41, 5.74) is 0.911. The van der Waals surface area contributed by atoms with Gasteiger partial charge in [-0.2, -0.15) is 0 Å². The van der Waals surface area contributed by atoms with E-state index >= 15 is 0 Å². The molecule has 0 saturated carbocycles. The summed E-state index contributed by atoms with van der Waals surface area (Å²) in [6.45, 7) is 0.793. The Bertz CT molecular complexity index is 884. The second kappa shape index (κ2) is 6.33. The molecule has 0 spiro atoms. The number of hydrogen-bond acceptors (Lipinski definition) is 6. The average Bonchev–Trinajstić information content (AvgIpc) is 2.53. The van der Waals surface area contributed by atoms with E-state index in [2.05, 4.69) is 10.3 Å². The van der Waals surface area contributed by atoms with Crippen LogP contribution in [-0.2, 0) is 10.0 Å². The maximum Gasteiger partial charge on any atom is 0.301 e. The summed E-state index contributed by atoms with van der Waals surface area (Å²) in [4.78, 5) is 15.2. The SMILES string of the molecule is CS(=O)(=O)N1CCCC(Nc2ccc3ncccc3c2[N+](=O)[O-])C1. The molecule has 9 heteroatoms. The number of pyridine rings is 1. The number of sulfonamides is 1. The fourth-order valence-electron chi connectivity index (χ4n) is 3.03. The molecule has 1 aromatic carbocycles. The highest BCUT2D eigenvalue weighted by atomic mass is 32.2. The van der Waals surface area contributed by atoms with Crippen LogP contribution in [0.4, 0.5) is 11.4 Å². The Balaban J connectivity index is 1.92. The molecule has 3 rings (SSSR count). The van der Waals surface area contributed by atoms with Gasteiger partial charge < -0.3 is 5.32 Å². The zero-order valence-electron chi connectivity index (χ0n) is 13.2. The van der Waals surface area contributed by atoms with Gasteiger partial charge in [-0.3, -0.25) is 15.1 Å². The van der Waals surface area contributed by atoms with Crippen molar-refractivity contribution in [1.29, 1.82) is 0 Å². The van der Waals surface area contributed by atoms with Crippen LogP contribution in [0.3, 0.4) is 0 Å². The number of nitro groups is 1. The Morgan fingerprint density at radius 2 is 2.17 bits per heavy atom. The zero-order chi connectivity index (χ0) is 17.3. The highest BCUT2D eigenvalue weighted by molar-refractivity contribution is 7.88. The second-order valence-corrected chi connectivity index (χ2v) is 7.88. The van der Waals surface area contributed by atoms with E-state index in [4.69, 9.17) is 0 Å². The number of anilines is 1. The number of fused-ring (bicyclic) bond motifs is 1.